The van der Waals surface area contributed by atoms with Gasteiger partial charge in [0, 0.05) is 12.6 Å². The van der Waals surface area contributed by atoms with Crippen molar-refractivity contribution in [3.8, 4) is 11.8 Å². The van der Waals surface area contributed by atoms with E-state index in [0.717, 1.165) is 18.4 Å². The number of aromatic hydroxyl groups is 1. The highest BCUT2D eigenvalue weighted by Gasteiger charge is 2.26. The summed E-state index contributed by atoms with van der Waals surface area (Å²) in [6, 6.07) is 8.23. The maximum absolute atomic E-state index is 9.74. The van der Waals surface area contributed by atoms with E-state index in [1.54, 1.807) is 6.07 Å². The molecule has 0 spiro atoms. The summed E-state index contributed by atoms with van der Waals surface area (Å²) in [6.45, 7) is 4.53. The number of nitriles is 1. The van der Waals surface area contributed by atoms with Gasteiger partial charge in [-0.2, -0.15) is 5.26 Å². The Kier molecular flexibility index (Phi) is 3.08. The molecule has 2 N–H and O–H groups in total. The van der Waals surface area contributed by atoms with Crippen molar-refractivity contribution < 1.29 is 5.11 Å². The smallest absolute Gasteiger partial charge is 0.119 e. The molecule has 0 heterocycles. The molecule has 0 bridgehead atoms. The predicted molar refractivity (Wildman–Crippen MR) is 66.6 cm³/mol. The van der Waals surface area contributed by atoms with E-state index in [2.05, 4.69) is 17.5 Å². The number of hydrogen-bond donors (Lipinski definition) is 2. The lowest BCUT2D eigenvalue weighted by molar-refractivity contribution is 0.403. The zero-order chi connectivity index (χ0) is 12.5. The lowest BCUT2D eigenvalue weighted by Gasteiger charge is -2.20. The molecule has 1 aliphatic carbocycles. The van der Waals surface area contributed by atoms with E-state index in [-0.39, 0.29) is 11.5 Å². The molecule has 1 aromatic rings. The summed E-state index contributed by atoms with van der Waals surface area (Å²) in [5.74, 6) is 0.395. The molecule has 1 unspecified atom stereocenters. The van der Waals surface area contributed by atoms with Crippen LogP contribution in [0.3, 0.4) is 0 Å². The Morgan fingerprint density at radius 3 is 3.00 bits per heavy atom. The number of hydrogen-bond acceptors (Lipinski definition) is 3. The van der Waals surface area contributed by atoms with Crippen LogP contribution in [0.2, 0.25) is 0 Å². The van der Waals surface area contributed by atoms with Crippen LogP contribution < -0.4 is 5.32 Å². The van der Waals surface area contributed by atoms with Crippen molar-refractivity contribution in [2.24, 2.45) is 5.41 Å². The quantitative estimate of drug-likeness (QED) is 0.839. The third kappa shape index (κ3) is 2.42. The normalized spacial score (nSPS) is 18.8. The number of phenols is 1. The van der Waals surface area contributed by atoms with E-state index in [9.17, 15) is 5.11 Å². The molecule has 17 heavy (non-hydrogen) atoms. The minimum Gasteiger partial charge on any atom is -0.508 e. The molecule has 0 saturated heterocycles. The first kappa shape index (κ1) is 11.9. The summed E-state index contributed by atoms with van der Waals surface area (Å²) in [4.78, 5) is 0. The van der Waals surface area contributed by atoms with Crippen molar-refractivity contribution in [2.45, 2.75) is 32.7 Å². The van der Waals surface area contributed by atoms with Gasteiger partial charge in [-0.1, -0.05) is 12.1 Å². The van der Waals surface area contributed by atoms with Crippen LogP contribution in [-0.2, 0) is 6.42 Å². The van der Waals surface area contributed by atoms with Gasteiger partial charge >= 0.3 is 0 Å². The second-order valence-corrected chi connectivity index (χ2v) is 5.31. The Bertz CT molecular complexity index is 460. The van der Waals surface area contributed by atoms with Gasteiger partial charge in [0.2, 0.25) is 0 Å². The van der Waals surface area contributed by atoms with Gasteiger partial charge in [0.15, 0.2) is 0 Å². The standard InChI is InChI=1S/C14H18N2O/c1-14(2,8-15)9-16-12-7-6-11-10(12)4-3-5-13(11)17/h3-5,12,16-17H,6-7,9H2,1-2H3. The van der Waals surface area contributed by atoms with Crippen molar-refractivity contribution in [1.82, 2.24) is 5.32 Å². The number of nitrogens with zero attached hydrogens (tertiary/aromatic N) is 1. The van der Waals surface area contributed by atoms with Gasteiger partial charge in [0.05, 0.1) is 11.5 Å². The van der Waals surface area contributed by atoms with Gasteiger partial charge in [0.1, 0.15) is 5.75 Å². The Labute approximate surface area is 102 Å². The fourth-order valence-corrected chi connectivity index (χ4v) is 2.26. The van der Waals surface area contributed by atoms with Crippen molar-refractivity contribution in [1.29, 1.82) is 5.26 Å². The van der Waals surface area contributed by atoms with Crippen LogP contribution >= 0.6 is 0 Å². The molecular weight excluding hydrogens is 212 g/mol. The van der Waals surface area contributed by atoms with Crippen molar-refractivity contribution in [3.63, 3.8) is 0 Å². The Hall–Kier alpha value is -1.53. The van der Waals surface area contributed by atoms with Gasteiger partial charge in [-0.05, 0) is 43.9 Å². The second kappa shape index (κ2) is 4.38. The van der Waals surface area contributed by atoms with Gasteiger partial charge in [0.25, 0.3) is 0 Å². The predicted octanol–water partition coefficient (Wildman–Crippen LogP) is 2.52. The second-order valence-electron chi connectivity index (χ2n) is 5.31. The number of phenolic OH excluding ortho intramolecular Hbond substituents is 1. The van der Waals surface area contributed by atoms with Crippen LogP contribution in [0, 0.1) is 16.7 Å². The van der Waals surface area contributed by atoms with Gasteiger partial charge in [-0.3, -0.25) is 0 Å². The van der Waals surface area contributed by atoms with Crippen LogP contribution in [0.5, 0.6) is 5.75 Å². The zero-order valence-corrected chi connectivity index (χ0v) is 10.3. The maximum atomic E-state index is 9.74. The lowest BCUT2D eigenvalue weighted by atomic mass is 9.95. The summed E-state index contributed by atoms with van der Waals surface area (Å²) in [5.41, 5.74) is 1.89. The molecule has 0 amide bonds. The highest BCUT2D eigenvalue weighted by Crippen LogP contribution is 2.36. The van der Waals surface area contributed by atoms with Crippen molar-refractivity contribution >= 4 is 0 Å². The van der Waals surface area contributed by atoms with Crippen LogP contribution in [0.25, 0.3) is 0 Å². The zero-order valence-electron chi connectivity index (χ0n) is 10.3. The van der Waals surface area contributed by atoms with Gasteiger partial charge < -0.3 is 10.4 Å². The molecule has 2 rings (SSSR count). The summed E-state index contributed by atoms with van der Waals surface area (Å²) in [6.07, 6.45) is 1.90. The third-order valence-electron chi connectivity index (χ3n) is 3.34. The first-order valence-electron chi connectivity index (χ1n) is 5.99. The van der Waals surface area contributed by atoms with Crippen LogP contribution in [-0.4, -0.2) is 11.7 Å². The molecule has 1 atom stereocenters. The number of benzene rings is 1. The number of nitrogens with one attached hydrogen (secondary N) is 1. The number of fused-ring (bicyclic) bond motifs is 1. The molecule has 0 aromatic heterocycles. The van der Waals surface area contributed by atoms with E-state index in [1.165, 1.54) is 5.56 Å². The topological polar surface area (TPSA) is 56.0 Å². The fourth-order valence-electron chi connectivity index (χ4n) is 2.26. The minimum atomic E-state index is -0.348. The van der Waals surface area contributed by atoms with E-state index in [4.69, 9.17) is 5.26 Å². The minimum absolute atomic E-state index is 0.268. The molecule has 0 fully saturated rings. The SMILES string of the molecule is CC(C)(C#N)CNC1CCc2c(O)cccc21. The van der Waals surface area contributed by atoms with E-state index in [0.29, 0.717) is 12.3 Å². The average Bonchev–Trinajstić information content (AvgIpc) is 2.71. The molecule has 0 radical (unpaired) electrons. The van der Waals surface area contributed by atoms with E-state index in [1.807, 2.05) is 19.9 Å². The molecule has 3 nitrogen and oxygen atoms in total. The average molecular weight is 230 g/mol. The van der Waals surface area contributed by atoms with E-state index >= 15 is 0 Å². The third-order valence-corrected chi connectivity index (χ3v) is 3.34. The van der Waals surface area contributed by atoms with Gasteiger partial charge in [-0.25, -0.2) is 0 Å². The van der Waals surface area contributed by atoms with Crippen LogP contribution in [0.4, 0.5) is 0 Å². The van der Waals surface area contributed by atoms with Crippen LogP contribution in [0.1, 0.15) is 37.4 Å². The Balaban J connectivity index is 2.09. The first-order valence-corrected chi connectivity index (χ1v) is 5.99. The summed E-state index contributed by atoms with van der Waals surface area (Å²) < 4.78 is 0. The molecule has 0 aliphatic heterocycles. The van der Waals surface area contributed by atoms with Crippen molar-refractivity contribution in [3.05, 3.63) is 29.3 Å². The van der Waals surface area contributed by atoms with Crippen molar-refractivity contribution in [2.75, 3.05) is 6.54 Å². The van der Waals surface area contributed by atoms with Gasteiger partial charge in [-0.15, -0.1) is 0 Å². The summed E-state index contributed by atoms with van der Waals surface area (Å²) in [5, 5.41) is 22.1. The molecule has 0 saturated carbocycles. The van der Waals surface area contributed by atoms with Crippen LogP contribution in [0.15, 0.2) is 18.2 Å². The molecule has 3 heteroatoms. The highest BCUT2D eigenvalue weighted by atomic mass is 16.3. The molecular formula is C14H18N2O. The Morgan fingerprint density at radius 1 is 1.53 bits per heavy atom. The molecule has 1 aromatic carbocycles. The maximum Gasteiger partial charge on any atom is 0.119 e. The summed E-state index contributed by atoms with van der Waals surface area (Å²) in [7, 11) is 0. The number of rotatable bonds is 3. The highest BCUT2D eigenvalue weighted by molar-refractivity contribution is 5.44. The lowest BCUT2D eigenvalue weighted by Crippen LogP contribution is -2.30. The molecule has 90 valence electrons. The largest absolute Gasteiger partial charge is 0.508 e. The first-order chi connectivity index (χ1) is 8.03. The Morgan fingerprint density at radius 2 is 2.29 bits per heavy atom. The monoisotopic (exact) mass is 230 g/mol. The molecule has 1 aliphatic rings. The summed E-state index contributed by atoms with van der Waals surface area (Å²) >= 11 is 0. The fraction of sp³-hybridized carbons (Fsp3) is 0.500. The van der Waals surface area contributed by atoms with E-state index < -0.39 is 0 Å².